The molecule has 0 spiro atoms. The number of nitrogens with two attached hydrogens (primary N) is 2. The van der Waals surface area contributed by atoms with E-state index in [2.05, 4.69) is 26.6 Å². The monoisotopic (exact) mass is 702 g/mol. The number of aliphatic carboxylic acids is 1. The SMILES string of the molecule is NCCCC[C@@H]1NC(=O)[C@@H]2C[C@@H](O)CN2C(=O)[C@@H](CCC(=O)O)NC(=O)[C@@H](CCCCN)NC(=O)[C@H](Cc2ccccc2)NC(=O)CNC1=O. The maximum absolute atomic E-state index is 13.9. The molecule has 0 saturated carbocycles. The van der Waals surface area contributed by atoms with Gasteiger partial charge >= 0.3 is 5.97 Å². The minimum absolute atomic E-state index is 0.0413. The molecule has 17 heteroatoms. The molecule has 6 amide bonds. The van der Waals surface area contributed by atoms with Crippen LogP contribution in [0.3, 0.4) is 0 Å². The van der Waals surface area contributed by atoms with Crippen LogP contribution >= 0.6 is 0 Å². The highest BCUT2D eigenvalue weighted by Crippen LogP contribution is 2.21. The molecule has 2 aliphatic heterocycles. The van der Waals surface area contributed by atoms with Crippen molar-refractivity contribution in [3.63, 3.8) is 0 Å². The highest BCUT2D eigenvalue weighted by atomic mass is 16.4. The fraction of sp³-hybridized carbons (Fsp3) is 0.606. The summed E-state index contributed by atoms with van der Waals surface area (Å²) in [5.74, 6) is -5.64. The summed E-state index contributed by atoms with van der Waals surface area (Å²) in [5, 5.41) is 32.9. The summed E-state index contributed by atoms with van der Waals surface area (Å²) in [6, 6.07) is 2.63. The summed E-state index contributed by atoms with van der Waals surface area (Å²) in [7, 11) is 0. The van der Waals surface area contributed by atoms with Gasteiger partial charge in [0.05, 0.1) is 12.6 Å². The second-order valence-corrected chi connectivity index (χ2v) is 12.6. The van der Waals surface area contributed by atoms with E-state index in [-0.39, 0.29) is 38.6 Å². The summed E-state index contributed by atoms with van der Waals surface area (Å²) in [6.45, 7) is -0.156. The van der Waals surface area contributed by atoms with Crippen molar-refractivity contribution in [2.75, 3.05) is 26.2 Å². The van der Waals surface area contributed by atoms with E-state index in [1.165, 1.54) is 0 Å². The Kier molecular flexibility index (Phi) is 16.1. The van der Waals surface area contributed by atoms with Crippen LogP contribution in [0.1, 0.15) is 63.4 Å². The number of amides is 6. The number of fused-ring (bicyclic) bond motifs is 1. The molecule has 11 N–H and O–H groups in total. The third kappa shape index (κ3) is 12.4. The number of carbonyl (C=O) groups excluding carboxylic acids is 6. The topological polar surface area (TPSA) is 275 Å². The highest BCUT2D eigenvalue weighted by Gasteiger charge is 2.43. The largest absolute Gasteiger partial charge is 0.481 e. The lowest BCUT2D eigenvalue weighted by atomic mass is 10.0. The molecule has 2 saturated heterocycles. The Morgan fingerprint density at radius 3 is 1.94 bits per heavy atom. The minimum atomic E-state index is -1.43. The smallest absolute Gasteiger partial charge is 0.303 e. The number of aliphatic hydroxyl groups is 1. The number of carbonyl (C=O) groups is 7. The molecule has 1 aromatic rings. The summed E-state index contributed by atoms with van der Waals surface area (Å²) in [6.07, 6.45) is 0.0845. The van der Waals surface area contributed by atoms with Gasteiger partial charge in [0, 0.05) is 25.8 Å². The summed E-state index contributed by atoms with van der Waals surface area (Å²) in [5.41, 5.74) is 12.0. The Morgan fingerprint density at radius 2 is 1.32 bits per heavy atom. The van der Waals surface area contributed by atoms with Gasteiger partial charge in [-0.3, -0.25) is 33.6 Å². The number of rotatable bonds is 13. The fourth-order valence-electron chi connectivity index (χ4n) is 5.96. The first-order valence-electron chi connectivity index (χ1n) is 17.1. The molecule has 2 fully saturated rings. The molecule has 6 atom stereocenters. The third-order valence-corrected chi connectivity index (χ3v) is 8.64. The van der Waals surface area contributed by atoms with Gasteiger partial charge in [0.1, 0.15) is 30.2 Å². The van der Waals surface area contributed by atoms with Crippen LogP contribution in [0.4, 0.5) is 0 Å². The quantitative estimate of drug-likeness (QED) is 0.0960. The molecule has 0 radical (unpaired) electrons. The Hall–Kier alpha value is -4.61. The maximum atomic E-state index is 13.9. The maximum Gasteiger partial charge on any atom is 0.303 e. The summed E-state index contributed by atoms with van der Waals surface area (Å²) < 4.78 is 0. The van der Waals surface area contributed by atoms with E-state index in [9.17, 15) is 43.8 Å². The molecule has 1 aromatic carbocycles. The van der Waals surface area contributed by atoms with Crippen molar-refractivity contribution in [3.05, 3.63) is 35.9 Å². The number of hydrogen-bond donors (Lipinski definition) is 9. The normalized spacial score (nSPS) is 25.7. The number of nitrogens with one attached hydrogen (secondary N) is 5. The van der Waals surface area contributed by atoms with Crippen LogP contribution in [0.2, 0.25) is 0 Å². The standard InChI is InChI=1S/C33H50N8O9/c34-14-6-4-10-22-29(46)36-18-27(43)37-25(16-20-8-2-1-3-9-20)31(48)38-23(11-5-7-15-35)30(47)40-24(12-13-28(44)45)33(50)41-19-21(42)17-26(41)32(49)39-22/h1-3,8-9,21-26,42H,4-7,10-19,34-35H2,(H,36,46)(H,37,43)(H,38,48)(H,39,49)(H,40,47)(H,44,45)/t21-,22+,23-,24-,25+,26+/m1/s1. The van der Waals surface area contributed by atoms with Gasteiger partial charge in [-0.2, -0.15) is 0 Å². The average Bonchev–Trinajstić information content (AvgIpc) is 3.49. The van der Waals surface area contributed by atoms with Crippen molar-refractivity contribution >= 4 is 41.4 Å². The van der Waals surface area contributed by atoms with Crippen LogP contribution in [0, 0.1) is 0 Å². The zero-order chi connectivity index (χ0) is 36.6. The first-order chi connectivity index (χ1) is 23.9. The van der Waals surface area contributed by atoms with Crippen LogP contribution in [0.15, 0.2) is 30.3 Å². The van der Waals surface area contributed by atoms with Gasteiger partial charge in [-0.25, -0.2) is 0 Å². The molecule has 17 nitrogen and oxygen atoms in total. The number of unbranched alkanes of at least 4 members (excludes halogenated alkanes) is 2. The lowest BCUT2D eigenvalue weighted by Crippen LogP contribution is -2.60. The summed E-state index contributed by atoms with van der Waals surface area (Å²) >= 11 is 0. The molecule has 0 aromatic heterocycles. The third-order valence-electron chi connectivity index (χ3n) is 8.64. The van der Waals surface area contributed by atoms with Crippen molar-refractivity contribution in [2.24, 2.45) is 11.5 Å². The van der Waals surface area contributed by atoms with Gasteiger partial charge in [0.2, 0.25) is 35.4 Å². The first kappa shape index (κ1) is 39.8. The van der Waals surface area contributed by atoms with E-state index in [1.807, 2.05) is 0 Å². The second kappa shape index (κ2) is 20.2. The number of hydrogen-bond acceptors (Lipinski definition) is 10. The molecule has 0 unspecified atom stereocenters. The van der Waals surface area contributed by atoms with E-state index in [4.69, 9.17) is 11.5 Å². The van der Waals surface area contributed by atoms with Crippen molar-refractivity contribution in [1.29, 1.82) is 0 Å². The van der Waals surface area contributed by atoms with Gasteiger partial charge in [-0.15, -0.1) is 0 Å². The first-order valence-corrected chi connectivity index (χ1v) is 17.1. The van der Waals surface area contributed by atoms with Crippen LogP contribution in [0.5, 0.6) is 0 Å². The minimum Gasteiger partial charge on any atom is -0.481 e. The molecule has 2 aliphatic rings. The molecular formula is C33H50N8O9. The molecular weight excluding hydrogens is 652 g/mol. The molecule has 276 valence electrons. The van der Waals surface area contributed by atoms with Crippen molar-refractivity contribution in [2.45, 2.75) is 101 Å². The average molecular weight is 703 g/mol. The lowest BCUT2D eigenvalue weighted by Gasteiger charge is -2.31. The predicted octanol–water partition coefficient (Wildman–Crippen LogP) is -2.62. The van der Waals surface area contributed by atoms with Gasteiger partial charge in [-0.05, 0) is 63.6 Å². The Balaban J connectivity index is 2.02. The number of benzene rings is 1. The van der Waals surface area contributed by atoms with Gasteiger partial charge in [0.15, 0.2) is 0 Å². The van der Waals surface area contributed by atoms with Gasteiger partial charge in [0.25, 0.3) is 0 Å². The van der Waals surface area contributed by atoms with Crippen LogP contribution in [-0.2, 0) is 40.0 Å². The molecule has 3 rings (SSSR count). The van der Waals surface area contributed by atoms with E-state index in [0.29, 0.717) is 44.3 Å². The van der Waals surface area contributed by atoms with E-state index in [1.54, 1.807) is 30.3 Å². The number of carboxylic acid groups (broad SMARTS) is 1. The Labute approximate surface area is 290 Å². The van der Waals surface area contributed by atoms with Gasteiger partial charge < -0.3 is 53.2 Å². The zero-order valence-electron chi connectivity index (χ0n) is 28.1. The van der Waals surface area contributed by atoms with E-state index in [0.717, 1.165) is 4.90 Å². The van der Waals surface area contributed by atoms with Crippen molar-refractivity contribution in [1.82, 2.24) is 31.5 Å². The molecule has 0 aliphatic carbocycles. The van der Waals surface area contributed by atoms with E-state index < -0.39 is 90.7 Å². The van der Waals surface area contributed by atoms with Crippen molar-refractivity contribution in [3.8, 4) is 0 Å². The Morgan fingerprint density at radius 1 is 0.740 bits per heavy atom. The van der Waals surface area contributed by atoms with Crippen LogP contribution in [-0.4, -0.2) is 119 Å². The molecule has 2 heterocycles. The number of aliphatic hydroxyl groups excluding tert-OH is 1. The summed E-state index contributed by atoms with van der Waals surface area (Å²) in [4.78, 5) is 94.0. The van der Waals surface area contributed by atoms with Crippen molar-refractivity contribution < 1.29 is 43.8 Å². The second-order valence-electron chi connectivity index (χ2n) is 12.6. The van der Waals surface area contributed by atoms with Crippen LogP contribution < -0.4 is 38.1 Å². The van der Waals surface area contributed by atoms with Crippen LogP contribution in [0.25, 0.3) is 0 Å². The molecule has 0 bridgehead atoms. The Bertz CT molecular complexity index is 1350. The highest BCUT2D eigenvalue weighted by molar-refractivity contribution is 5.98. The lowest BCUT2D eigenvalue weighted by molar-refractivity contribution is -0.143. The number of carboxylic acids is 1. The zero-order valence-corrected chi connectivity index (χ0v) is 28.1. The van der Waals surface area contributed by atoms with Gasteiger partial charge in [-0.1, -0.05) is 30.3 Å². The molecule has 50 heavy (non-hydrogen) atoms. The predicted molar refractivity (Wildman–Crippen MR) is 180 cm³/mol. The van der Waals surface area contributed by atoms with E-state index >= 15 is 0 Å². The number of nitrogens with zero attached hydrogens (tertiary/aromatic N) is 1. The fourth-order valence-corrected chi connectivity index (χ4v) is 5.96.